The molecule has 0 saturated carbocycles. The van der Waals surface area contributed by atoms with E-state index in [0.29, 0.717) is 39.6 Å². The highest BCUT2D eigenvalue weighted by molar-refractivity contribution is 5.72. The molecule has 0 unspecified atom stereocenters. The first kappa shape index (κ1) is 21.6. The summed E-state index contributed by atoms with van der Waals surface area (Å²) >= 11 is 0. The Morgan fingerprint density at radius 2 is 1.35 bits per heavy atom. The van der Waals surface area contributed by atoms with Crippen LogP contribution in [0.4, 0.5) is 0 Å². The zero-order valence-corrected chi connectivity index (χ0v) is 13.7. The summed E-state index contributed by atoms with van der Waals surface area (Å²) < 4.78 is 16.0. The van der Waals surface area contributed by atoms with Crippen molar-refractivity contribution in [3.05, 3.63) is 0 Å². The zero-order valence-electron chi connectivity index (χ0n) is 13.7. The van der Waals surface area contributed by atoms with Gasteiger partial charge in [0.25, 0.3) is 0 Å². The molecule has 1 N–H and O–H groups in total. The maximum Gasteiger partial charge on any atom is 0.216 e. The first-order valence-corrected chi connectivity index (χ1v) is 7.75. The number of amides is 1. The molecule has 0 radical (unpaired) electrons. The van der Waals surface area contributed by atoms with Gasteiger partial charge in [-0.2, -0.15) is 0 Å². The second-order valence-corrected chi connectivity index (χ2v) is 4.03. The van der Waals surface area contributed by atoms with Crippen molar-refractivity contribution in [1.82, 2.24) is 5.32 Å². The Balaban J connectivity index is 0. The monoisotopic (exact) mass is 291 g/mol. The van der Waals surface area contributed by atoms with Gasteiger partial charge in [-0.05, 0) is 6.42 Å². The molecule has 0 aromatic carbocycles. The van der Waals surface area contributed by atoms with Crippen LogP contribution < -0.4 is 5.32 Å². The van der Waals surface area contributed by atoms with Gasteiger partial charge in [0.05, 0.1) is 33.0 Å². The number of ether oxygens (including phenoxy) is 3. The molecular weight excluding hydrogens is 258 g/mol. The third kappa shape index (κ3) is 22.5. The number of unbranched alkanes of at least 4 members (excludes halogenated alkanes) is 2. The molecule has 5 heteroatoms. The number of hydrogen-bond acceptors (Lipinski definition) is 4. The van der Waals surface area contributed by atoms with E-state index >= 15 is 0 Å². The third-order valence-corrected chi connectivity index (χ3v) is 2.26. The predicted octanol–water partition coefficient (Wildman–Crippen LogP) is 2.39. The molecule has 0 aromatic rings. The van der Waals surface area contributed by atoms with Gasteiger partial charge in [0.2, 0.25) is 5.91 Å². The molecule has 0 heterocycles. The minimum absolute atomic E-state index is 0.0323. The van der Waals surface area contributed by atoms with Crippen LogP contribution in [-0.2, 0) is 19.0 Å². The maximum atomic E-state index is 10.5. The van der Waals surface area contributed by atoms with Crippen molar-refractivity contribution in [1.29, 1.82) is 0 Å². The SMILES string of the molecule is CC.CCCCCOCCOCCOCCNC(C)=O. The van der Waals surface area contributed by atoms with Gasteiger partial charge in [0, 0.05) is 20.1 Å². The molecule has 1 amide bonds. The minimum Gasteiger partial charge on any atom is -0.379 e. The fourth-order valence-corrected chi connectivity index (χ4v) is 1.30. The minimum atomic E-state index is -0.0323. The molecule has 122 valence electrons. The predicted molar refractivity (Wildman–Crippen MR) is 82.0 cm³/mol. The molecule has 0 aliphatic carbocycles. The number of hydrogen-bond donors (Lipinski definition) is 1. The molecule has 0 saturated heterocycles. The lowest BCUT2D eigenvalue weighted by atomic mass is 10.3. The number of carbonyl (C=O) groups is 1. The topological polar surface area (TPSA) is 56.8 Å². The van der Waals surface area contributed by atoms with Crippen LogP contribution >= 0.6 is 0 Å². The lowest BCUT2D eigenvalue weighted by molar-refractivity contribution is -0.119. The molecule has 5 nitrogen and oxygen atoms in total. The Hall–Kier alpha value is -0.650. The van der Waals surface area contributed by atoms with Crippen LogP contribution in [0.25, 0.3) is 0 Å². The van der Waals surface area contributed by atoms with Crippen molar-refractivity contribution in [2.24, 2.45) is 0 Å². The lowest BCUT2D eigenvalue weighted by Crippen LogP contribution is -2.25. The highest BCUT2D eigenvalue weighted by Crippen LogP contribution is 1.93. The van der Waals surface area contributed by atoms with E-state index in [0.717, 1.165) is 13.0 Å². The quantitative estimate of drug-likeness (QED) is 0.529. The fraction of sp³-hybridized carbons (Fsp3) is 0.933. The van der Waals surface area contributed by atoms with E-state index in [-0.39, 0.29) is 5.91 Å². The van der Waals surface area contributed by atoms with E-state index in [9.17, 15) is 4.79 Å². The van der Waals surface area contributed by atoms with Crippen LogP contribution in [0.2, 0.25) is 0 Å². The number of carbonyl (C=O) groups excluding carboxylic acids is 1. The first-order valence-electron chi connectivity index (χ1n) is 7.75. The molecule has 0 spiro atoms. The van der Waals surface area contributed by atoms with E-state index < -0.39 is 0 Å². The Morgan fingerprint density at radius 3 is 1.85 bits per heavy atom. The summed E-state index contributed by atoms with van der Waals surface area (Å²) in [6, 6.07) is 0. The lowest BCUT2D eigenvalue weighted by Gasteiger charge is -2.07. The molecule has 0 aliphatic heterocycles. The van der Waals surface area contributed by atoms with Crippen LogP contribution in [-0.4, -0.2) is 52.1 Å². The summed E-state index contributed by atoms with van der Waals surface area (Å²) in [6.07, 6.45) is 3.57. The molecule has 0 fully saturated rings. The van der Waals surface area contributed by atoms with Gasteiger partial charge < -0.3 is 19.5 Å². The molecule has 0 atom stereocenters. The smallest absolute Gasteiger partial charge is 0.216 e. The van der Waals surface area contributed by atoms with Gasteiger partial charge in [0.1, 0.15) is 0 Å². The van der Waals surface area contributed by atoms with Crippen molar-refractivity contribution in [2.75, 3.05) is 46.2 Å². The van der Waals surface area contributed by atoms with Crippen molar-refractivity contribution in [3.63, 3.8) is 0 Å². The summed E-state index contributed by atoms with van der Waals surface area (Å²) in [4.78, 5) is 10.5. The summed E-state index contributed by atoms with van der Waals surface area (Å²) in [5.74, 6) is -0.0323. The van der Waals surface area contributed by atoms with E-state index in [2.05, 4.69) is 12.2 Å². The zero-order chi connectivity index (χ0) is 15.5. The van der Waals surface area contributed by atoms with Crippen LogP contribution in [0.1, 0.15) is 47.0 Å². The van der Waals surface area contributed by atoms with Gasteiger partial charge >= 0.3 is 0 Å². The summed E-state index contributed by atoms with van der Waals surface area (Å²) in [7, 11) is 0. The molecule has 0 aromatic heterocycles. The molecule has 0 aliphatic rings. The van der Waals surface area contributed by atoms with Crippen molar-refractivity contribution >= 4 is 5.91 Å². The van der Waals surface area contributed by atoms with Gasteiger partial charge in [-0.3, -0.25) is 4.79 Å². The third-order valence-electron chi connectivity index (χ3n) is 2.26. The Kier molecular flexibility index (Phi) is 22.4. The Morgan fingerprint density at radius 1 is 0.850 bits per heavy atom. The van der Waals surface area contributed by atoms with Gasteiger partial charge in [0.15, 0.2) is 0 Å². The van der Waals surface area contributed by atoms with Crippen molar-refractivity contribution < 1.29 is 19.0 Å². The average molecular weight is 291 g/mol. The summed E-state index contributed by atoms with van der Waals surface area (Å²) in [5.41, 5.74) is 0. The molecule has 0 bridgehead atoms. The maximum absolute atomic E-state index is 10.5. The molecule has 0 rings (SSSR count). The van der Waals surface area contributed by atoms with Crippen LogP contribution in [0, 0.1) is 0 Å². The standard InChI is InChI=1S/C13H27NO4.C2H6/c1-3-4-5-7-16-9-11-18-12-10-17-8-6-14-13(2)15;1-2/h3-12H2,1-2H3,(H,14,15);1-2H3. The normalized spacial score (nSPS) is 9.80. The van der Waals surface area contributed by atoms with E-state index in [1.165, 1.54) is 19.8 Å². The fourth-order valence-electron chi connectivity index (χ4n) is 1.30. The molecule has 20 heavy (non-hydrogen) atoms. The van der Waals surface area contributed by atoms with Crippen molar-refractivity contribution in [2.45, 2.75) is 47.0 Å². The van der Waals surface area contributed by atoms with Crippen molar-refractivity contribution in [3.8, 4) is 0 Å². The first-order chi connectivity index (χ1) is 9.77. The van der Waals surface area contributed by atoms with E-state index in [1.54, 1.807) is 0 Å². The number of nitrogens with one attached hydrogen (secondary N) is 1. The van der Waals surface area contributed by atoms with Crippen LogP contribution in [0.5, 0.6) is 0 Å². The highest BCUT2D eigenvalue weighted by atomic mass is 16.5. The average Bonchev–Trinajstić information content (AvgIpc) is 2.46. The van der Waals surface area contributed by atoms with E-state index in [4.69, 9.17) is 14.2 Å². The molecular formula is C15H33NO4. The van der Waals surface area contributed by atoms with Gasteiger partial charge in [-0.1, -0.05) is 33.6 Å². The summed E-state index contributed by atoms with van der Waals surface area (Å²) in [5, 5.41) is 2.66. The van der Waals surface area contributed by atoms with Gasteiger partial charge in [-0.25, -0.2) is 0 Å². The highest BCUT2D eigenvalue weighted by Gasteiger charge is 1.93. The van der Waals surface area contributed by atoms with Crippen LogP contribution in [0.3, 0.4) is 0 Å². The Bertz CT molecular complexity index is 189. The number of rotatable bonds is 13. The summed E-state index contributed by atoms with van der Waals surface area (Å²) in [6.45, 7) is 11.9. The second-order valence-electron chi connectivity index (χ2n) is 4.03. The Labute approximate surface area is 124 Å². The largest absolute Gasteiger partial charge is 0.379 e. The van der Waals surface area contributed by atoms with Crippen LogP contribution in [0.15, 0.2) is 0 Å². The van der Waals surface area contributed by atoms with E-state index in [1.807, 2.05) is 13.8 Å². The van der Waals surface area contributed by atoms with Gasteiger partial charge in [-0.15, -0.1) is 0 Å². The second kappa shape index (κ2) is 20.7.